The maximum absolute atomic E-state index is 5.53. The fourth-order valence-electron chi connectivity index (χ4n) is 2.19. The minimum Gasteiger partial charge on any atom is -0.378 e. The summed E-state index contributed by atoms with van der Waals surface area (Å²) >= 11 is 4.06. The third-order valence-corrected chi connectivity index (χ3v) is 3.68. The number of aryl methyl sites for hydroxylation is 1. The molecule has 0 spiro atoms. The lowest BCUT2D eigenvalue weighted by Gasteiger charge is -2.06. The van der Waals surface area contributed by atoms with Crippen molar-refractivity contribution in [1.29, 1.82) is 0 Å². The molecule has 1 heterocycles. The summed E-state index contributed by atoms with van der Waals surface area (Å²) in [6.07, 6.45) is 6.76. The van der Waals surface area contributed by atoms with Gasteiger partial charge in [0.1, 0.15) is 0 Å². The van der Waals surface area contributed by atoms with Crippen molar-refractivity contribution >= 4 is 12.6 Å². The molecule has 7 heteroatoms. The summed E-state index contributed by atoms with van der Waals surface area (Å²) in [5.74, 6) is 1.52. The maximum atomic E-state index is 5.53. The van der Waals surface area contributed by atoms with Gasteiger partial charge in [0.15, 0.2) is 0 Å². The highest BCUT2D eigenvalue weighted by Gasteiger charge is 2.02. The number of aromatic nitrogens is 3. The number of hydrogen-bond acceptors (Lipinski definition) is 6. The van der Waals surface area contributed by atoms with E-state index in [1.807, 2.05) is 10.9 Å². The van der Waals surface area contributed by atoms with Gasteiger partial charge in [0.2, 0.25) is 0 Å². The third-order valence-electron chi connectivity index (χ3n) is 3.49. The predicted octanol–water partition coefficient (Wildman–Crippen LogP) is 2.63. The number of rotatable bonds is 16. The van der Waals surface area contributed by atoms with E-state index in [0.717, 1.165) is 30.3 Å². The molecule has 24 heavy (non-hydrogen) atoms. The topological polar surface area (TPSA) is 58.4 Å². The fraction of sp³-hybridized carbons (Fsp3) is 0.882. The second kappa shape index (κ2) is 14.7. The lowest BCUT2D eigenvalue weighted by molar-refractivity contribution is 0.0155. The number of nitrogens with zero attached hydrogens (tertiary/aromatic N) is 3. The third kappa shape index (κ3) is 11.8. The molecule has 0 fully saturated rings. The summed E-state index contributed by atoms with van der Waals surface area (Å²) in [6.45, 7) is 8.92. The Morgan fingerprint density at radius 2 is 1.67 bits per heavy atom. The molecule has 0 radical (unpaired) electrons. The molecule has 0 bridgehead atoms. The zero-order valence-corrected chi connectivity index (χ0v) is 16.0. The van der Waals surface area contributed by atoms with Crippen LogP contribution in [0.5, 0.6) is 0 Å². The molecule has 0 aliphatic rings. The van der Waals surface area contributed by atoms with Crippen LogP contribution in [-0.2, 0) is 27.2 Å². The number of thiol groups is 1. The van der Waals surface area contributed by atoms with E-state index in [2.05, 4.69) is 36.8 Å². The van der Waals surface area contributed by atoms with Gasteiger partial charge in [0, 0.05) is 11.9 Å². The van der Waals surface area contributed by atoms with Crippen molar-refractivity contribution in [1.82, 2.24) is 15.0 Å². The highest BCUT2D eigenvalue weighted by molar-refractivity contribution is 7.80. The van der Waals surface area contributed by atoms with Crippen LogP contribution in [0.4, 0.5) is 0 Å². The summed E-state index contributed by atoms with van der Waals surface area (Å²) in [4.78, 5) is 0. The molecule has 0 amide bonds. The van der Waals surface area contributed by atoms with Gasteiger partial charge >= 0.3 is 0 Å². The molecule has 0 atom stereocenters. The zero-order chi connectivity index (χ0) is 17.5. The first kappa shape index (κ1) is 21.4. The standard InChI is InChI=1S/C17H33N3O3S/c1-16(2)5-3-4-6-17-15-20(19-18-17)7-8-21-9-10-22-11-12-23-13-14-24/h15-16,24H,3-14H2,1-2H3. The Bertz CT molecular complexity index is 402. The number of unbranched alkanes of at least 4 members (excludes halogenated alkanes) is 1. The van der Waals surface area contributed by atoms with Crippen molar-refractivity contribution in [3.63, 3.8) is 0 Å². The fourth-order valence-corrected chi connectivity index (χ4v) is 2.31. The van der Waals surface area contributed by atoms with Gasteiger partial charge in [-0.15, -0.1) is 5.10 Å². The van der Waals surface area contributed by atoms with Gasteiger partial charge in [-0.25, -0.2) is 4.68 Å². The normalized spacial score (nSPS) is 11.5. The van der Waals surface area contributed by atoms with Gasteiger partial charge in [0.25, 0.3) is 0 Å². The highest BCUT2D eigenvalue weighted by Crippen LogP contribution is 2.09. The van der Waals surface area contributed by atoms with E-state index in [1.165, 1.54) is 19.3 Å². The van der Waals surface area contributed by atoms with Crippen LogP contribution in [0.1, 0.15) is 38.8 Å². The van der Waals surface area contributed by atoms with E-state index in [9.17, 15) is 0 Å². The molecular weight excluding hydrogens is 326 g/mol. The summed E-state index contributed by atoms with van der Waals surface area (Å²) in [7, 11) is 0. The molecule has 1 aromatic rings. The van der Waals surface area contributed by atoms with Gasteiger partial charge in [-0.2, -0.15) is 12.6 Å². The van der Waals surface area contributed by atoms with Crippen LogP contribution in [0.2, 0.25) is 0 Å². The molecule has 0 saturated carbocycles. The van der Waals surface area contributed by atoms with Gasteiger partial charge in [0.05, 0.1) is 51.9 Å². The van der Waals surface area contributed by atoms with Crippen molar-refractivity contribution in [3.05, 3.63) is 11.9 Å². The molecule has 0 aromatic carbocycles. The van der Waals surface area contributed by atoms with E-state index in [0.29, 0.717) is 39.6 Å². The Kier molecular flexibility index (Phi) is 13.1. The molecule has 6 nitrogen and oxygen atoms in total. The molecule has 1 rings (SSSR count). The number of hydrogen-bond donors (Lipinski definition) is 1. The Labute approximate surface area is 151 Å². The average molecular weight is 360 g/mol. The highest BCUT2D eigenvalue weighted by atomic mass is 32.1. The quantitative estimate of drug-likeness (QED) is 0.363. The van der Waals surface area contributed by atoms with Crippen LogP contribution in [-0.4, -0.2) is 60.4 Å². The summed E-state index contributed by atoms with van der Waals surface area (Å²) < 4.78 is 18.0. The van der Waals surface area contributed by atoms with Crippen molar-refractivity contribution in [2.45, 2.75) is 46.1 Å². The van der Waals surface area contributed by atoms with Gasteiger partial charge in [-0.3, -0.25) is 0 Å². The predicted molar refractivity (Wildman–Crippen MR) is 98.7 cm³/mol. The monoisotopic (exact) mass is 359 g/mol. The van der Waals surface area contributed by atoms with Crippen LogP contribution in [0.15, 0.2) is 6.20 Å². The van der Waals surface area contributed by atoms with Crippen LogP contribution in [0.3, 0.4) is 0 Å². The molecule has 1 aromatic heterocycles. The minimum absolute atomic E-state index is 0.586. The lowest BCUT2D eigenvalue weighted by atomic mass is 10.0. The van der Waals surface area contributed by atoms with E-state index >= 15 is 0 Å². The SMILES string of the molecule is CC(C)CCCCc1cn(CCOCCOCCOCCS)nn1. The molecular formula is C17H33N3O3S. The largest absolute Gasteiger partial charge is 0.378 e. The van der Waals surface area contributed by atoms with Gasteiger partial charge in [-0.1, -0.05) is 31.9 Å². The summed E-state index contributed by atoms with van der Waals surface area (Å²) in [5.41, 5.74) is 1.07. The first-order valence-corrected chi connectivity index (χ1v) is 9.58. The second-order valence-corrected chi connectivity index (χ2v) is 6.62. The summed E-state index contributed by atoms with van der Waals surface area (Å²) in [5, 5.41) is 8.35. The Balaban J connectivity index is 1.94. The molecule has 0 aliphatic carbocycles. The lowest BCUT2D eigenvalue weighted by Crippen LogP contribution is -2.12. The van der Waals surface area contributed by atoms with Crippen LogP contribution in [0.25, 0.3) is 0 Å². The van der Waals surface area contributed by atoms with Crippen LogP contribution >= 0.6 is 12.6 Å². The Hall–Kier alpha value is -0.630. The average Bonchev–Trinajstić information content (AvgIpc) is 3.01. The van der Waals surface area contributed by atoms with Crippen molar-refractivity contribution in [2.75, 3.05) is 45.4 Å². The van der Waals surface area contributed by atoms with Gasteiger partial charge in [-0.05, 0) is 18.8 Å². The zero-order valence-electron chi connectivity index (χ0n) is 15.2. The minimum atomic E-state index is 0.586. The first-order valence-electron chi connectivity index (χ1n) is 8.95. The van der Waals surface area contributed by atoms with E-state index < -0.39 is 0 Å². The van der Waals surface area contributed by atoms with Crippen LogP contribution < -0.4 is 0 Å². The molecule has 0 aliphatic heterocycles. The van der Waals surface area contributed by atoms with Crippen molar-refractivity contribution in [3.8, 4) is 0 Å². The molecule has 140 valence electrons. The molecule has 0 unspecified atom stereocenters. The maximum Gasteiger partial charge on any atom is 0.0827 e. The van der Waals surface area contributed by atoms with E-state index in [4.69, 9.17) is 14.2 Å². The van der Waals surface area contributed by atoms with E-state index in [1.54, 1.807) is 0 Å². The van der Waals surface area contributed by atoms with Crippen molar-refractivity contribution < 1.29 is 14.2 Å². The number of ether oxygens (including phenoxy) is 3. The summed E-state index contributed by atoms with van der Waals surface area (Å²) in [6, 6.07) is 0. The molecule has 0 N–H and O–H groups in total. The van der Waals surface area contributed by atoms with Gasteiger partial charge < -0.3 is 14.2 Å². The van der Waals surface area contributed by atoms with E-state index in [-0.39, 0.29) is 0 Å². The first-order chi connectivity index (χ1) is 11.7. The molecule has 0 saturated heterocycles. The van der Waals surface area contributed by atoms with Crippen LogP contribution in [0, 0.1) is 5.92 Å². The Morgan fingerprint density at radius 3 is 2.33 bits per heavy atom. The smallest absolute Gasteiger partial charge is 0.0827 e. The second-order valence-electron chi connectivity index (χ2n) is 6.17. The Morgan fingerprint density at radius 1 is 1.00 bits per heavy atom. The van der Waals surface area contributed by atoms with Crippen molar-refractivity contribution in [2.24, 2.45) is 5.92 Å².